The van der Waals surface area contributed by atoms with Crippen LogP contribution in [0.15, 0.2) is 0 Å². The smallest absolute Gasteiger partial charge is 0.375 e. The number of nitrogens with zero attached hydrogens (tertiary/aromatic N) is 2. The van der Waals surface area contributed by atoms with Crippen LogP contribution in [-0.4, -0.2) is 38.0 Å². The Morgan fingerprint density at radius 1 is 1.75 bits per heavy atom. The first-order valence-electron chi connectivity index (χ1n) is 3.17. The van der Waals surface area contributed by atoms with Crippen LogP contribution in [0.5, 0.6) is 0 Å². The zero-order valence-electron chi connectivity index (χ0n) is 6.06. The third-order valence-electron chi connectivity index (χ3n) is 1.24. The van der Waals surface area contributed by atoms with E-state index in [0.717, 1.165) is 0 Å². The van der Waals surface area contributed by atoms with E-state index in [2.05, 4.69) is 15.2 Å². The van der Waals surface area contributed by atoms with Gasteiger partial charge in [0.15, 0.2) is 0 Å². The molecule has 0 aliphatic heterocycles. The van der Waals surface area contributed by atoms with Crippen LogP contribution < -0.4 is 5.73 Å². The van der Waals surface area contributed by atoms with E-state index in [1.165, 1.54) is 0 Å². The Labute approximate surface area is 67.2 Å². The van der Waals surface area contributed by atoms with Crippen molar-refractivity contribution in [3.05, 3.63) is 11.6 Å². The summed E-state index contributed by atoms with van der Waals surface area (Å²) in [7, 11) is 0. The molecule has 0 saturated carbocycles. The van der Waals surface area contributed by atoms with Gasteiger partial charge in [0.1, 0.15) is 5.82 Å². The molecule has 0 aliphatic rings. The van der Waals surface area contributed by atoms with Gasteiger partial charge in [-0.15, -0.1) is 5.10 Å². The molecule has 0 fully saturated rings. The predicted octanol–water partition coefficient (Wildman–Crippen LogP) is -1.50. The van der Waals surface area contributed by atoms with E-state index in [0.29, 0.717) is 0 Å². The van der Waals surface area contributed by atoms with E-state index in [-0.39, 0.29) is 18.3 Å². The van der Waals surface area contributed by atoms with Gasteiger partial charge in [-0.1, -0.05) is 0 Å². The lowest BCUT2D eigenvalue weighted by molar-refractivity contribution is 0.0684. The van der Waals surface area contributed by atoms with E-state index >= 15 is 0 Å². The maximum atomic E-state index is 10.3. The zero-order chi connectivity index (χ0) is 9.14. The Morgan fingerprint density at radius 3 is 2.83 bits per heavy atom. The Bertz CT molecular complexity index is 284. The molecule has 0 radical (unpaired) electrons. The van der Waals surface area contributed by atoms with Gasteiger partial charge in [0.2, 0.25) is 0 Å². The number of H-pyrrole nitrogens is 1. The van der Waals surface area contributed by atoms with E-state index in [1.54, 1.807) is 0 Å². The van der Waals surface area contributed by atoms with Crippen molar-refractivity contribution in [1.29, 1.82) is 0 Å². The molecule has 1 rings (SSSR count). The fourth-order valence-corrected chi connectivity index (χ4v) is 0.622. The first-order valence-corrected chi connectivity index (χ1v) is 3.17. The van der Waals surface area contributed by atoms with Gasteiger partial charge in [0.25, 0.3) is 5.82 Å². The van der Waals surface area contributed by atoms with Crippen LogP contribution in [0.4, 0.5) is 0 Å². The molecule has 5 N–H and O–H groups in total. The summed E-state index contributed by atoms with van der Waals surface area (Å²) in [4.78, 5) is 13.8. The van der Waals surface area contributed by atoms with Gasteiger partial charge >= 0.3 is 5.97 Å². The third-order valence-corrected chi connectivity index (χ3v) is 1.24. The van der Waals surface area contributed by atoms with Crippen LogP contribution in [0, 0.1) is 0 Å². The molecule has 0 aliphatic carbocycles. The maximum absolute atomic E-state index is 10.3. The van der Waals surface area contributed by atoms with Crippen molar-refractivity contribution in [2.75, 3.05) is 6.61 Å². The number of aliphatic hydroxyl groups excluding tert-OH is 1. The van der Waals surface area contributed by atoms with Crippen LogP contribution in [0.1, 0.15) is 22.5 Å². The Balaban J connectivity index is 2.84. The van der Waals surface area contributed by atoms with E-state index < -0.39 is 12.0 Å². The fraction of sp³-hybridized carbons (Fsp3) is 0.400. The van der Waals surface area contributed by atoms with Crippen molar-refractivity contribution in [2.45, 2.75) is 6.04 Å². The van der Waals surface area contributed by atoms with Gasteiger partial charge in [-0.3, -0.25) is 5.10 Å². The van der Waals surface area contributed by atoms with Crippen molar-refractivity contribution >= 4 is 5.97 Å². The number of nitrogens with two attached hydrogens (primary N) is 1. The van der Waals surface area contributed by atoms with Crippen molar-refractivity contribution in [3.63, 3.8) is 0 Å². The second-order valence-electron chi connectivity index (χ2n) is 2.14. The Morgan fingerprint density at radius 2 is 2.42 bits per heavy atom. The molecule has 1 aromatic heterocycles. The van der Waals surface area contributed by atoms with Crippen LogP contribution in [0.25, 0.3) is 0 Å². The number of hydrogen-bond donors (Lipinski definition) is 4. The summed E-state index contributed by atoms with van der Waals surface area (Å²) < 4.78 is 0. The van der Waals surface area contributed by atoms with E-state index in [4.69, 9.17) is 15.9 Å². The highest BCUT2D eigenvalue weighted by Gasteiger charge is 2.14. The van der Waals surface area contributed by atoms with E-state index in [9.17, 15) is 4.79 Å². The van der Waals surface area contributed by atoms with Gasteiger partial charge in [-0.2, -0.15) is 0 Å². The van der Waals surface area contributed by atoms with Crippen molar-refractivity contribution in [1.82, 2.24) is 15.2 Å². The highest BCUT2D eigenvalue weighted by atomic mass is 16.4. The van der Waals surface area contributed by atoms with Gasteiger partial charge in [0.05, 0.1) is 12.6 Å². The quantitative estimate of drug-likeness (QED) is 0.439. The molecule has 1 atom stereocenters. The highest BCUT2D eigenvalue weighted by molar-refractivity contribution is 5.82. The van der Waals surface area contributed by atoms with Gasteiger partial charge in [0, 0.05) is 0 Å². The number of aromatic amines is 1. The second-order valence-corrected chi connectivity index (χ2v) is 2.14. The number of carboxylic acid groups (broad SMARTS) is 1. The predicted molar refractivity (Wildman–Crippen MR) is 37.4 cm³/mol. The highest BCUT2D eigenvalue weighted by Crippen LogP contribution is 2.01. The number of aliphatic hydroxyl groups is 1. The number of aromatic carboxylic acids is 1. The van der Waals surface area contributed by atoms with Gasteiger partial charge in [-0.25, -0.2) is 9.78 Å². The first kappa shape index (κ1) is 8.62. The number of nitrogens with one attached hydrogen (secondary N) is 1. The number of carbonyl (C=O) groups is 1. The van der Waals surface area contributed by atoms with E-state index in [1.807, 2.05) is 0 Å². The molecule has 0 saturated heterocycles. The fourth-order valence-electron chi connectivity index (χ4n) is 0.622. The molecule has 7 nitrogen and oxygen atoms in total. The minimum Gasteiger partial charge on any atom is -0.475 e. The molecule has 66 valence electrons. The molecular formula is C5H8N4O3. The largest absolute Gasteiger partial charge is 0.475 e. The lowest BCUT2D eigenvalue weighted by atomic mass is 10.3. The summed E-state index contributed by atoms with van der Waals surface area (Å²) in [5.41, 5.74) is 5.33. The first-order chi connectivity index (χ1) is 5.65. The Kier molecular flexibility index (Phi) is 2.36. The summed E-state index contributed by atoms with van der Waals surface area (Å²) >= 11 is 0. The lowest BCUT2D eigenvalue weighted by Gasteiger charge is -2.00. The molecule has 1 aromatic rings. The zero-order valence-corrected chi connectivity index (χ0v) is 6.06. The molecule has 1 unspecified atom stereocenters. The van der Waals surface area contributed by atoms with Crippen molar-refractivity contribution in [2.24, 2.45) is 5.73 Å². The molecule has 0 spiro atoms. The summed E-state index contributed by atoms with van der Waals surface area (Å²) in [5.74, 6) is -1.42. The molecule has 0 amide bonds. The van der Waals surface area contributed by atoms with Crippen LogP contribution in [0.2, 0.25) is 0 Å². The summed E-state index contributed by atoms with van der Waals surface area (Å²) in [6.45, 7) is -0.311. The van der Waals surface area contributed by atoms with Gasteiger partial charge in [-0.05, 0) is 0 Å². The standard InChI is InChI=1S/C5H8N4O3/c6-2(1-10)3-7-4(5(11)12)9-8-3/h2,10H,1,6H2,(H,11,12)(H,7,8,9). The topological polar surface area (TPSA) is 125 Å². The number of aromatic nitrogens is 3. The summed E-state index contributed by atoms with van der Waals surface area (Å²) in [6.07, 6.45) is 0. The lowest BCUT2D eigenvalue weighted by Crippen LogP contribution is -2.16. The van der Waals surface area contributed by atoms with Gasteiger partial charge < -0.3 is 15.9 Å². The number of carboxylic acids is 1. The van der Waals surface area contributed by atoms with Crippen LogP contribution >= 0.6 is 0 Å². The maximum Gasteiger partial charge on any atom is 0.375 e. The normalized spacial score (nSPS) is 12.8. The molecule has 12 heavy (non-hydrogen) atoms. The van der Waals surface area contributed by atoms with Crippen LogP contribution in [0.3, 0.4) is 0 Å². The Hall–Kier alpha value is -1.47. The summed E-state index contributed by atoms with van der Waals surface area (Å²) in [5, 5.41) is 22.6. The molecule has 7 heteroatoms. The van der Waals surface area contributed by atoms with Crippen molar-refractivity contribution < 1.29 is 15.0 Å². The molecular weight excluding hydrogens is 164 g/mol. The average molecular weight is 172 g/mol. The molecule has 0 bridgehead atoms. The SMILES string of the molecule is NC(CO)c1nc(C(=O)O)n[nH]1. The summed E-state index contributed by atoms with van der Waals surface area (Å²) in [6, 6.07) is -0.717. The number of hydrogen-bond acceptors (Lipinski definition) is 5. The minimum absolute atomic E-state index is 0.162. The minimum atomic E-state index is -1.23. The van der Waals surface area contributed by atoms with Crippen molar-refractivity contribution in [3.8, 4) is 0 Å². The monoisotopic (exact) mass is 172 g/mol. The molecule has 1 heterocycles. The average Bonchev–Trinajstić information content (AvgIpc) is 2.51. The molecule has 0 aromatic carbocycles. The van der Waals surface area contributed by atoms with Crippen LogP contribution in [-0.2, 0) is 0 Å². The second kappa shape index (κ2) is 3.28. The third kappa shape index (κ3) is 1.57. The number of rotatable bonds is 3.